The van der Waals surface area contributed by atoms with Crippen molar-refractivity contribution in [3.63, 3.8) is 0 Å². The molecule has 0 spiro atoms. The summed E-state index contributed by atoms with van der Waals surface area (Å²) in [6.07, 6.45) is 0.159. The molecule has 1 fully saturated rings. The third-order valence-electron chi connectivity index (χ3n) is 4.70. The first-order valence-corrected chi connectivity index (χ1v) is 11.6. The summed E-state index contributed by atoms with van der Waals surface area (Å²) in [6.45, 7) is 1.73. The number of piperidine rings is 1. The minimum atomic E-state index is -4.46. The van der Waals surface area contributed by atoms with Gasteiger partial charge >= 0.3 is 6.18 Å². The van der Waals surface area contributed by atoms with E-state index in [1.54, 1.807) is 12.1 Å². The first-order valence-electron chi connectivity index (χ1n) is 9.44. The van der Waals surface area contributed by atoms with Crippen LogP contribution >= 0.6 is 22.6 Å². The Bertz CT molecular complexity index is 940. The van der Waals surface area contributed by atoms with Gasteiger partial charge in [0.05, 0.1) is 11.3 Å². The number of rotatable bonds is 4. The predicted octanol–water partition coefficient (Wildman–Crippen LogP) is 5.67. The highest BCUT2D eigenvalue weighted by Crippen LogP contribution is 2.38. The lowest BCUT2D eigenvalue weighted by molar-refractivity contribution is -0.137. The van der Waals surface area contributed by atoms with Gasteiger partial charge in [-0.15, -0.1) is 0 Å². The van der Waals surface area contributed by atoms with Gasteiger partial charge in [0.2, 0.25) is 5.95 Å². The van der Waals surface area contributed by atoms with E-state index in [1.807, 2.05) is 11.0 Å². The van der Waals surface area contributed by atoms with E-state index in [2.05, 4.69) is 53.0 Å². The van der Waals surface area contributed by atoms with Crippen molar-refractivity contribution in [2.45, 2.75) is 25.4 Å². The highest BCUT2D eigenvalue weighted by atomic mass is 127. The lowest BCUT2D eigenvalue weighted by atomic mass is 10.0. The Labute approximate surface area is 186 Å². The van der Waals surface area contributed by atoms with Crippen LogP contribution in [-0.4, -0.2) is 38.2 Å². The minimum Gasteiger partial charge on any atom is -0.371 e. The third kappa shape index (κ3) is 5.41. The van der Waals surface area contributed by atoms with Crippen molar-refractivity contribution in [3.8, 4) is 11.3 Å². The molecule has 0 atom stereocenters. The molecule has 3 heterocycles. The molecule has 0 bridgehead atoms. The first kappa shape index (κ1) is 22.3. The Hall–Kier alpha value is -2.37. The van der Waals surface area contributed by atoms with Gasteiger partial charge in [-0.25, -0.2) is 10.1 Å². The van der Waals surface area contributed by atoms with Crippen LogP contribution in [0.3, 0.4) is 0 Å². The fourth-order valence-electron chi connectivity index (χ4n) is 3.39. The van der Waals surface area contributed by atoms with Crippen molar-refractivity contribution in [1.82, 2.24) is 20.2 Å². The second-order valence-electron chi connectivity index (χ2n) is 6.65. The normalized spacial score (nSPS) is 14.1. The van der Waals surface area contributed by atoms with Gasteiger partial charge in [-0.3, -0.25) is 0 Å². The van der Waals surface area contributed by atoms with Gasteiger partial charge in [-0.05, 0) is 36.3 Å². The fraction of sp³-hybridized carbons (Fsp3) is 0.350. The smallest absolute Gasteiger partial charge is 0.371 e. The average Bonchev–Trinajstić information content (AvgIpc) is 3.28. The Kier molecular flexibility index (Phi) is 7.51. The number of aromatic nitrogens is 4. The first-order chi connectivity index (χ1) is 14.5. The molecule has 0 unspecified atom stereocenters. The maximum absolute atomic E-state index is 13.5. The zero-order valence-corrected chi connectivity index (χ0v) is 18.5. The molecule has 3 aromatic rings. The Morgan fingerprint density at radius 2 is 1.80 bits per heavy atom. The third-order valence-corrected chi connectivity index (χ3v) is 4.70. The number of pyridine rings is 1. The highest BCUT2D eigenvalue weighted by molar-refractivity contribution is 14.1. The number of hydrogen-bond acceptors (Lipinski definition) is 5. The topological polar surface area (TPSA) is 69.7 Å². The quantitative estimate of drug-likeness (QED) is 0.336. The number of hydrogen-bond donors (Lipinski definition) is 2. The number of anilines is 3. The standard InChI is InChI=1S/C19H19F3N6.CH3I/c20-19(21,22)15-7-3-2-6-14(15)16-10-13(28-8-4-1-5-9-28)11-17(25-16)26-18-23-12-24-27-18;1-2/h2-3,6-7,10-12H,1,4-5,8-9H2,(H2,23,24,25,26,27);1H3. The number of nitrogens with zero attached hydrogens (tertiary/aromatic N) is 4. The number of nitrogens with one attached hydrogen (secondary N) is 2. The molecular weight excluding hydrogens is 508 g/mol. The van der Waals surface area contributed by atoms with Gasteiger partial charge in [0, 0.05) is 30.4 Å². The molecule has 160 valence electrons. The molecule has 0 radical (unpaired) electrons. The molecule has 4 rings (SSSR count). The fourth-order valence-corrected chi connectivity index (χ4v) is 3.39. The maximum atomic E-state index is 13.5. The predicted molar refractivity (Wildman–Crippen MR) is 120 cm³/mol. The maximum Gasteiger partial charge on any atom is 0.417 e. The van der Waals surface area contributed by atoms with Gasteiger partial charge in [0.15, 0.2) is 0 Å². The minimum absolute atomic E-state index is 0.0504. The molecule has 1 aliphatic heterocycles. The molecular formula is C20H22F3IN6. The number of benzene rings is 1. The second-order valence-corrected chi connectivity index (χ2v) is 6.65. The van der Waals surface area contributed by atoms with E-state index in [4.69, 9.17) is 0 Å². The summed E-state index contributed by atoms with van der Waals surface area (Å²) in [5.41, 5.74) is 0.445. The second kappa shape index (κ2) is 10.1. The molecule has 10 heteroatoms. The van der Waals surface area contributed by atoms with Crippen molar-refractivity contribution in [3.05, 3.63) is 48.3 Å². The lowest BCUT2D eigenvalue weighted by Crippen LogP contribution is -2.29. The molecule has 0 saturated carbocycles. The van der Waals surface area contributed by atoms with Gasteiger partial charge in [0.1, 0.15) is 12.1 Å². The summed E-state index contributed by atoms with van der Waals surface area (Å²) < 4.78 is 40.6. The zero-order valence-electron chi connectivity index (χ0n) is 16.4. The Morgan fingerprint density at radius 1 is 1.07 bits per heavy atom. The Morgan fingerprint density at radius 3 is 2.47 bits per heavy atom. The molecule has 2 aromatic heterocycles. The van der Waals surface area contributed by atoms with Crippen molar-refractivity contribution < 1.29 is 13.2 Å². The van der Waals surface area contributed by atoms with Crippen LogP contribution in [0, 0.1) is 0 Å². The van der Waals surface area contributed by atoms with E-state index in [0.29, 0.717) is 11.8 Å². The number of H-pyrrole nitrogens is 1. The van der Waals surface area contributed by atoms with Crippen molar-refractivity contribution in [2.24, 2.45) is 0 Å². The molecule has 1 aromatic carbocycles. The van der Waals surface area contributed by atoms with Crippen LogP contribution in [0.25, 0.3) is 11.3 Å². The summed E-state index contributed by atoms with van der Waals surface area (Å²) in [5, 5.41) is 9.43. The molecule has 0 aliphatic carbocycles. The zero-order chi connectivity index (χ0) is 21.6. The summed E-state index contributed by atoms with van der Waals surface area (Å²) in [7, 11) is 0. The number of alkyl halides is 4. The van der Waals surface area contributed by atoms with Gasteiger partial charge in [-0.2, -0.15) is 23.3 Å². The van der Waals surface area contributed by atoms with Crippen LogP contribution in [0.2, 0.25) is 0 Å². The van der Waals surface area contributed by atoms with E-state index in [9.17, 15) is 13.2 Å². The summed E-state index contributed by atoms with van der Waals surface area (Å²) in [6, 6.07) is 9.05. The molecule has 6 nitrogen and oxygen atoms in total. The van der Waals surface area contributed by atoms with Crippen LogP contribution in [0.5, 0.6) is 0 Å². The molecule has 30 heavy (non-hydrogen) atoms. The van der Waals surface area contributed by atoms with Crippen LogP contribution in [0.4, 0.5) is 30.6 Å². The summed E-state index contributed by atoms with van der Waals surface area (Å²) >= 11 is 2.15. The van der Waals surface area contributed by atoms with Crippen molar-refractivity contribution in [1.29, 1.82) is 0 Å². The molecule has 0 amide bonds. The molecule has 1 saturated heterocycles. The SMILES string of the molecule is CI.FC(F)(F)c1ccccc1-c1cc(N2CCCCC2)cc(Nc2ncn[nH]2)n1. The van der Waals surface area contributed by atoms with Crippen LogP contribution < -0.4 is 10.2 Å². The highest BCUT2D eigenvalue weighted by Gasteiger charge is 2.34. The molecule has 1 aliphatic rings. The monoisotopic (exact) mass is 530 g/mol. The van der Waals surface area contributed by atoms with Gasteiger partial charge < -0.3 is 10.2 Å². The van der Waals surface area contributed by atoms with Gasteiger partial charge in [0.25, 0.3) is 0 Å². The summed E-state index contributed by atoms with van der Waals surface area (Å²) in [5.74, 6) is 0.783. The number of halogens is 4. The lowest BCUT2D eigenvalue weighted by Gasteiger charge is -2.29. The van der Waals surface area contributed by atoms with Crippen LogP contribution in [-0.2, 0) is 6.18 Å². The Balaban J connectivity index is 0.00000124. The summed E-state index contributed by atoms with van der Waals surface area (Å²) in [4.78, 5) is 12.6. The van der Waals surface area contributed by atoms with Crippen LogP contribution in [0.1, 0.15) is 24.8 Å². The van der Waals surface area contributed by atoms with Crippen molar-refractivity contribution in [2.75, 3.05) is 28.2 Å². The van der Waals surface area contributed by atoms with Crippen molar-refractivity contribution >= 4 is 40.0 Å². The van der Waals surface area contributed by atoms with E-state index in [-0.39, 0.29) is 11.3 Å². The van der Waals surface area contributed by atoms with E-state index >= 15 is 0 Å². The molecule has 2 N–H and O–H groups in total. The average molecular weight is 530 g/mol. The van der Waals surface area contributed by atoms with E-state index in [0.717, 1.165) is 44.1 Å². The van der Waals surface area contributed by atoms with E-state index in [1.165, 1.54) is 18.5 Å². The van der Waals surface area contributed by atoms with Crippen LogP contribution in [0.15, 0.2) is 42.7 Å². The largest absolute Gasteiger partial charge is 0.417 e. The number of aromatic amines is 1. The van der Waals surface area contributed by atoms with E-state index < -0.39 is 11.7 Å². The van der Waals surface area contributed by atoms with Gasteiger partial charge in [-0.1, -0.05) is 40.8 Å².